The maximum Gasteiger partial charge on any atom is 0.0677 e. The maximum atomic E-state index is 5.71. The molecule has 0 atom stereocenters. The molecule has 0 radical (unpaired) electrons. The van der Waals surface area contributed by atoms with Crippen molar-refractivity contribution in [2.24, 2.45) is 5.73 Å². The number of pyridine rings is 1. The Morgan fingerprint density at radius 2 is 1.85 bits per heavy atom. The highest BCUT2D eigenvalue weighted by molar-refractivity contribution is 5.61. The van der Waals surface area contributed by atoms with Crippen LogP contribution in [0.15, 0.2) is 61.1 Å². The van der Waals surface area contributed by atoms with Crippen molar-refractivity contribution in [3.63, 3.8) is 0 Å². The van der Waals surface area contributed by atoms with Crippen molar-refractivity contribution in [2.45, 2.75) is 13.1 Å². The van der Waals surface area contributed by atoms with Crippen LogP contribution in [0.2, 0.25) is 0 Å². The van der Waals surface area contributed by atoms with E-state index >= 15 is 0 Å². The van der Waals surface area contributed by atoms with Gasteiger partial charge in [0, 0.05) is 24.5 Å². The Morgan fingerprint density at radius 1 is 1.00 bits per heavy atom. The molecule has 0 aliphatic rings. The van der Waals surface area contributed by atoms with Gasteiger partial charge in [-0.05, 0) is 17.2 Å². The number of benzene rings is 1. The van der Waals surface area contributed by atoms with Crippen molar-refractivity contribution < 1.29 is 0 Å². The SMILES string of the molecule is NCc1ncccc1Cn1cc(-c2ccccc2)cn1. The number of aromatic nitrogens is 3. The highest BCUT2D eigenvalue weighted by Gasteiger charge is 2.05. The highest BCUT2D eigenvalue weighted by atomic mass is 15.3. The molecule has 0 fully saturated rings. The minimum atomic E-state index is 0.447. The number of nitrogens with two attached hydrogens (primary N) is 1. The van der Waals surface area contributed by atoms with Gasteiger partial charge < -0.3 is 5.73 Å². The summed E-state index contributed by atoms with van der Waals surface area (Å²) >= 11 is 0. The molecule has 0 aliphatic carbocycles. The van der Waals surface area contributed by atoms with E-state index in [2.05, 4.69) is 22.2 Å². The molecular formula is C16H16N4. The first-order valence-corrected chi connectivity index (χ1v) is 6.57. The van der Waals surface area contributed by atoms with E-state index in [1.807, 2.05) is 47.4 Å². The molecule has 3 rings (SSSR count). The number of hydrogen-bond acceptors (Lipinski definition) is 3. The topological polar surface area (TPSA) is 56.7 Å². The van der Waals surface area contributed by atoms with Gasteiger partial charge in [-0.3, -0.25) is 9.67 Å². The number of nitrogens with zero attached hydrogens (tertiary/aromatic N) is 3. The molecule has 1 aromatic carbocycles. The van der Waals surface area contributed by atoms with Crippen molar-refractivity contribution in [3.05, 3.63) is 72.3 Å². The van der Waals surface area contributed by atoms with Gasteiger partial charge in [-0.1, -0.05) is 36.4 Å². The van der Waals surface area contributed by atoms with Crippen LogP contribution in [0.1, 0.15) is 11.3 Å². The summed E-state index contributed by atoms with van der Waals surface area (Å²) in [5.41, 5.74) is 10.0. The first-order valence-electron chi connectivity index (χ1n) is 6.57. The lowest BCUT2D eigenvalue weighted by atomic mass is 10.1. The molecular weight excluding hydrogens is 248 g/mol. The Kier molecular flexibility index (Phi) is 3.56. The van der Waals surface area contributed by atoms with Gasteiger partial charge in [0.05, 0.1) is 18.4 Å². The van der Waals surface area contributed by atoms with E-state index in [1.54, 1.807) is 6.20 Å². The van der Waals surface area contributed by atoms with E-state index in [0.29, 0.717) is 13.1 Å². The maximum absolute atomic E-state index is 5.71. The van der Waals surface area contributed by atoms with Gasteiger partial charge in [-0.2, -0.15) is 5.10 Å². The fraction of sp³-hybridized carbons (Fsp3) is 0.125. The Labute approximate surface area is 117 Å². The lowest BCUT2D eigenvalue weighted by Crippen LogP contribution is -2.08. The van der Waals surface area contributed by atoms with Gasteiger partial charge in [0.15, 0.2) is 0 Å². The largest absolute Gasteiger partial charge is 0.325 e. The van der Waals surface area contributed by atoms with Crippen LogP contribution in [0, 0.1) is 0 Å². The van der Waals surface area contributed by atoms with E-state index in [0.717, 1.165) is 16.8 Å². The van der Waals surface area contributed by atoms with E-state index < -0.39 is 0 Å². The van der Waals surface area contributed by atoms with Crippen molar-refractivity contribution in [3.8, 4) is 11.1 Å². The van der Waals surface area contributed by atoms with Crippen LogP contribution in [0.3, 0.4) is 0 Å². The monoisotopic (exact) mass is 264 g/mol. The normalized spacial score (nSPS) is 10.7. The van der Waals surface area contributed by atoms with Gasteiger partial charge in [-0.15, -0.1) is 0 Å². The summed E-state index contributed by atoms with van der Waals surface area (Å²) < 4.78 is 1.92. The summed E-state index contributed by atoms with van der Waals surface area (Å²) in [7, 11) is 0. The van der Waals surface area contributed by atoms with Crippen molar-refractivity contribution in [1.82, 2.24) is 14.8 Å². The second kappa shape index (κ2) is 5.67. The van der Waals surface area contributed by atoms with Crippen LogP contribution in [0.5, 0.6) is 0 Å². The lowest BCUT2D eigenvalue weighted by Gasteiger charge is -2.06. The molecule has 0 bridgehead atoms. The molecule has 0 amide bonds. The summed E-state index contributed by atoms with van der Waals surface area (Å²) in [5.74, 6) is 0. The molecule has 0 saturated carbocycles. The average Bonchev–Trinajstić information content (AvgIpc) is 2.97. The predicted octanol–water partition coefficient (Wildman–Crippen LogP) is 2.45. The lowest BCUT2D eigenvalue weighted by molar-refractivity contribution is 0.677. The van der Waals surface area contributed by atoms with Crippen LogP contribution in [-0.2, 0) is 13.1 Å². The predicted molar refractivity (Wildman–Crippen MR) is 78.9 cm³/mol. The first kappa shape index (κ1) is 12.6. The average molecular weight is 264 g/mol. The van der Waals surface area contributed by atoms with Gasteiger partial charge in [0.1, 0.15) is 0 Å². The zero-order chi connectivity index (χ0) is 13.8. The van der Waals surface area contributed by atoms with E-state index in [9.17, 15) is 0 Å². The third kappa shape index (κ3) is 2.60. The Balaban J connectivity index is 1.84. The molecule has 0 unspecified atom stereocenters. The van der Waals surface area contributed by atoms with Crippen molar-refractivity contribution >= 4 is 0 Å². The molecule has 2 aromatic heterocycles. The second-order valence-corrected chi connectivity index (χ2v) is 4.61. The summed E-state index contributed by atoms with van der Waals surface area (Å²) in [6.45, 7) is 1.14. The van der Waals surface area contributed by atoms with Crippen LogP contribution >= 0.6 is 0 Å². The molecule has 2 heterocycles. The van der Waals surface area contributed by atoms with Crippen LogP contribution in [0.25, 0.3) is 11.1 Å². The van der Waals surface area contributed by atoms with Gasteiger partial charge >= 0.3 is 0 Å². The number of hydrogen-bond donors (Lipinski definition) is 1. The second-order valence-electron chi connectivity index (χ2n) is 4.61. The Morgan fingerprint density at radius 3 is 2.65 bits per heavy atom. The third-order valence-corrected chi connectivity index (χ3v) is 3.25. The fourth-order valence-corrected chi connectivity index (χ4v) is 2.20. The number of rotatable bonds is 4. The summed E-state index contributed by atoms with van der Waals surface area (Å²) in [5, 5.41) is 4.41. The standard InChI is InChI=1S/C16H16N4/c17-9-16-14(7-4-8-18-16)11-20-12-15(10-19-20)13-5-2-1-3-6-13/h1-8,10,12H,9,11,17H2. The molecule has 0 saturated heterocycles. The molecule has 3 aromatic rings. The molecule has 20 heavy (non-hydrogen) atoms. The Bertz CT molecular complexity index is 688. The zero-order valence-electron chi connectivity index (χ0n) is 11.1. The smallest absolute Gasteiger partial charge is 0.0677 e. The van der Waals surface area contributed by atoms with Crippen molar-refractivity contribution in [1.29, 1.82) is 0 Å². The summed E-state index contributed by atoms with van der Waals surface area (Å²) in [6, 6.07) is 14.2. The highest BCUT2D eigenvalue weighted by Crippen LogP contribution is 2.18. The molecule has 4 nitrogen and oxygen atoms in total. The molecule has 4 heteroatoms. The quantitative estimate of drug-likeness (QED) is 0.787. The molecule has 0 spiro atoms. The summed E-state index contributed by atoms with van der Waals surface area (Å²) in [4.78, 5) is 4.29. The molecule has 2 N–H and O–H groups in total. The van der Waals surface area contributed by atoms with Crippen LogP contribution in [-0.4, -0.2) is 14.8 Å². The zero-order valence-corrected chi connectivity index (χ0v) is 11.1. The van der Waals surface area contributed by atoms with E-state index in [4.69, 9.17) is 5.73 Å². The minimum absolute atomic E-state index is 0.447. The third-order valence-electron chi connectivity index (χ3n) is 3.25. The van der Waals surface area contributed by atoms with E-state index in [1.165, 1.54) is 5.56 Å². The van der Waals surface area contributed by atoms with Gasteiger partial charge in [0.2, 0.25) is 0 Å². The summed E-state index contributed by atoms with van der Waals surface area (Å²) in [6.07, 6.45) is 5.70. The van der Waals surface area contributed by atoms with Crippen molar-refractivity contribution in [2.75, 3.05) is 0 Å². The molecule has 100 valence electrons. The van der Waals surface area contributed by atoms with Crippen LogP contribution < -0.4 is 5.73 Å². The fourth-order valence-electron chi connectivity index (χ4n) is 2.20. The van der Waals surface area contributed by atoms with Gasteiger partial charge in [-0.25, -0.2) is 0 Å². The van der Waals surface area contributed by atoms with Crippen LogP contribution in [0.4, 0.5) is 0 Å². The first-order chi connectivity index (χ1) is 9.86. The minimum Gasteiger partial charge on any atom is -0.325 e. The van der Waals surface area contributed by atoms with E-state index in [-0.39, 0.29) is 0 Å². The van der Waals surface area contributed by atoms with Gasteiger partial charge in [0.25, 0.3) is 0 Å². The molecule has 0 aliphatic heterocycles. The Hall–Kier alpha value is -2.46.